The first-order valence-electron chi connectivity index (χ1n) is 7.21. The number of rotatable bonds is 8. The number of aliphatic hydroxyl groups excluding tert-OH is 1. The van der Waals surface area contributed by atoms with Crippen LogP contribution < -0.4 is 4.74 Å². The van der Waals surface area contributed by atoms with Crippen LogP contribution in [0.3, 0.4) is 0 Å². The quantitative estimate of drug-likeness (QED) is 0.791. The number of benzene rings is 1. The maximum atomic E-state index is 9.72. The molecule has 1 aromatic carbocycles. The molecule has 0 saturated carbocycles. The van der Waals surface area contributed by atoms with Crippen molar-refractivity contribution < 1.29 is 9.84 Å². The molecule has 0 aliphatic carbocycles. The third kappa shape index (κ3) is 5.49. The Hall–Kier alpha value is -1.10. The van der Waals surface area contributed by atoms with E-state index >= 15 is 0 Å². The van der Waals surface area contributed by atoms with Gasteiger partial charge in [0.2, 0.25) is 0 Å². The summed E-state index contributed by atoms with van der Waals surface area (Å²) in [7, 11) is 6.26. The number of nitrogens with zero attached hydrogens (tertiary/aromatic N) is 2. The fourth-order valence-corrected chi connectivity index (χ4v) is 2.02. The molecule has 0 aliphatic heterocycles. The van der Waals surface area contributed by atoms with E-state index in [-0.39, 0.29) is 0 Å². The van der Waals surface area contributed by atoms with Gasteiger partial charge in [-0.25, -0.2) is 0 Å². The van der Waals surface area contributed by atoms with Gasteiger partial charge in [0.25, 0.3) is 0 Å². The van der Waals surface area contributed by atoms with E-state index in [0.29, 0.717) is 6.61 Å². The SMILES string of the molecule is CCOc1ccc(C(C)O)cc1CN(C)CCN(C)C. The highest BCUT2D eigenvalue weighted by molar-refractivity contribution is 5.38. The molecule has 1 atom stereocenters. The standard InChI is InChI=1S/C16H28N2O2/c1-6-20-16-8-7-14(13(2)19)11-15(16)12-18(5)10-9-17(3)4/h7-8,11,13,19H,6,9-10,12H2,1-5H3. The summed E-state index contributed by atoms with van der Waals surface area (Å²) in [5.74, 6) is 0.911. The highest BCUT2D eigenvalue weighted by Crippen LogP contribution is 2.24. The lowest BCUT2D eigenvalue weighted by Crippen LogP contribution is -2.28. The molecule has 1 unspecified atom stereocenters. The summed E-state index contributed by atoms with van der Waals surface area (Å²) in [6.07, 6.45) is -0.448. The molecule has 0 spiro atoms. The Balaban J connectivity index is 2.80. The minimum absolute atomic E-state index is 0.448. The second kappa shape index (κ2) is 8.25. The Labute approximate surface area is 123 Å². The molecule has 0 radical (unpaired) electrons. The Morgan fingerprint density at radius 1 is 1.20 bits per heavy atom. The summed E-state index contributed by atoms with van der Waals surface area (Å²) >= 11 is 0. The van der Waals surface area contributed by atoms with Crippen LogP contribution in [0.15, 0.2) is 18.2 Å². The van der Waals surface area contributed by atoms with E-state index in [4.69, 9.17) is 4.74 Å². The second-order valence-corrected chi connectivity index (χ2v) is 5.52. The van der Waals surface area contributed by atoms with E-state index in [9.17, 15) is 5.11 Å². The van der Waals surface area contributed by atoms with Crippen molar-refractivity contribution in [2.45, 2.75) is 26.5 Å². The van der Waals surface area contributed by atoms with Crippen LogP contribution in [0.5, 0.6) is 5.75 Å². The molecule has 0 amide bonds. The monoisotopic (exact) mass is 280 g/mol. The van der Waals surface area contributed by atoms with Crippen LogP contribution in [0.1, 0.15) is 31.1 Å². The first-order chi connectivity index (χ1) is 9.43. The second-order valence-electron chi connectivity index (χ2n) is 5.52. The van der Waals surface area contributed by atoms with Crippen molar-refractivity contribution >= 4 is 0 Å². The van der Waals surface area contributed by atoms with Crippen LogP contribution in [-0.2, 0) is 6.54 Å². The number of likely N-dealkylation sites (N-methyl/N-ethyl adjacent to an activating group) is 2. The van der Waals surface area contributed by atoms with Crippen molar-refractivity contribution in [2.24, 2.45) is 0 Å². The maximum Gasteiger partial charge on any atom is 0.123 e. The topological polar surface area (TPSA) is 35.9 Å². The van der Waals surface area contributed by atoms with Crippen molar-refractivity contribution in [3.05, 3.63) is 29.3 Å². The van der Waals surface area contributed by atoms with Crippen molar-refractivity contribution in [2.75, 3.05) is 40.8 Å². The summed E-state index contributed by atoms with van der Waals surface area (Å²) in [6, 6.07) is 5.93. The highest BCUT2D eigenvalue weighted by atomic mass is 16.5. The summed E-state index contributed by atoms with van der Waals surface area (Å²) < 4.78 is 5.68. The Bertz CT molecular complexity index is 405. The number of ether oxygens (including phenoxy) is 1. The van der Waals surface area contributed by atoms with Crippen molar-refractivity contribution in [1.82, 2.24) is 9.80 Å². The largest absolute Gasteiger partial charge is 0.494 e. The first kappa shape index (κ1) is 17.0. The highest BCUT2D eigenvalue weighted by Gasteiger charge is 2.10. The van der Waals surface area contributed by atoms with Gasteiger partial charge in [-0.15, -0.1) is 0 Å². The summed E-state index contributed by atoms with van der Waals surface area (Å²) in [4.78, 5) is 4.44. The average Bonchev–Trinajstić information content (AvgIpc) is 2.38. The molecule has 0 aliphatic rings. The minimum Gasteiger partial charge on any atom is -0.494 e. The van der Waals surface area contributed by atoms with Gasteiger partial charge in [-0.1, -0.05) is 6.07 Å². The van der Waals surface area contributed by atoms with E-state index < -0.39 is 6.10 Å². The fourth-order valence-electron chi connectivity index (χ4n) is 2.02. The molecule has 4 nitrogen and oxygen atoms in total. The predicted octanol–water partition coefficient (Wildman–Crippen LogP) is 2.13. The van der Waals surface area contributed by atoms with Crippen LogP contribution in [-0.4, -0.2) is 55.7 Å². The van der Waals surface area contributed by atoms with Gasteiger partial charge in [0, 0.05) is 25.2 Å². The zero-order chi connectivity index (χ0) is 15.1. The number of aliphatic hydroxyl groups is 1. The smallest absolute Gasteiger partial charge is 0.123 e. The number of hydrogen-bond acceptors (Lipinski definition) is 4. The fraction of sp³-hybridized carbons (Fsp3) is 0.625. The molecular formula is C16H28N2O2. The third-order valence-corrected chi connectivity index (χ3v) is 3.24. The van der Waals surface area contributed by atoms with Crippen molar-refractivity contribution in [1.29, 1.82) is 0 Å². The summed E-state index contributed by atoms with van der Waals surface area (Å²) in [5.41, 5.74) is 2.07. The Morgan fingerprint density at radius 3 is 2.45 bits per heavy atom. The summed E-state index contributed by atoms with van der Waals surface area (Å²) in [5, 5.41) is 9.72. The molecule has 0 heterocycles. The van der Waals surface area contributed by atoms with Crippen molar-refractivity contribution in [3.8, 4) is 5.75 Å². The molecule has 0 aromatic heterocycles. The van der Waals surface area contributed by atoms with Gasteiger partial charge in [0.15, 0.2) is 0 Å². The number of hydrogen-bond donors (Lipinski definition) is 1. The van der Waals surface area contributed by atoms with Gasteiger partial charge >= 0.3 is 0 Å². The molecule has 0 saturated heterocycles. The van der Waals surface area contributed by atoms with Crippen LogP contribution >= 0.6 is 0 Å². The van der Waals surface area contributed by atoms with Gasteiger partial charge in [-0.2, -0.15) is 0 Å². The van der Waals surface area contributed by atoms with E-state index in [1.807, 2.05) is 25.1 Å². The van der Waals surface area contributed by atoms with Gasteiger partial charge < -0.3 is 19.6 Å². The molecule has 1 aromatic rings. The lowest BCUT2D eigenvalue weighted by molar-refractivity contribution is 0.198. The van der Waals surface area contributed by atoms with Crippen LogP contribution in [0.2, 0.25) is 0 Å². The zero-order valence-corrected chi connectivity index (χ0v) is 13.4. The molecule has 20 heavy (non-hydrogen) atoms. The van der Waals surface area contributed by atoms with Crippen LogP contribution in [0.4, 0.5) is 0 Å². The van der Waals surface area contributed by atoms with Gasteiger partial charge in [-0.3, -0.25) is 0 Å². The molecular weight excluding hydrogens is 252 g/mol. The first-order valence-corrected chi connectivity index (χ1v) is 7.21. The zero-order valence-electron chi connectivity index (χ0n) is 13.4. The molecule has 114 valence electrons. The van der Waals surface area contributed by atoms with E-state index in [2.05, 4.69) is 30.9 Å². The van der Waals surface area contributed by atoms with E-state index in [1.54, 1.807) is 6.92 Å². The Kier molecular flexibility index (Phi) is 6.99. The molecule has 0 fully saturated rings. The Morgan fingerprint density at radius 2 is 1.90 bits per heavy atom. The van der Waals surface area contributed by atoms with E-state index in [1.165, 1.54) is 0 Å². The predicted molar refractivity (Wildman–Crippen MR) is 83.1 cm³/mol. The third-order valence-electron chi connectivity index (χ3n) is 3.24. The molecule has 1 rings (SSSR count). The van der Waals surface area contributed by atoms with Crippen LogP contribution in [0, 0.1) is 0 Å². The van der Waals surface area contributed by atoms with Gasteiger partial charge in [0.1, 0.15) is 5.75 Å². The van der Waals surface area contributed by atoms with Crippen molar-refractivity contribution in [3.63, 3.8) is 0 Å². The lowest BCUT2D eigenvalue weighted by atomic mass is 10.1. The van der Waals surface area contributed by atoms with Gasteiger partial charge in [0.05, 0.1) is 12.7 Å². The lowest BCUT2D eigenvalue weighted by Gasteiger charge is -2.21. The minimum atomic E-state index is -0.448. The van der Waals surface area contributed by atoms with Gasteiger partial charge in [-0.05, 0) is 52.7 Å². The molecule has 0 bridgehead atoms. The van der Waals surface area contributed by atoms with Crippen LogP contribution in [0.25, 0.3) is 0 Å². The molecule has 1 N–H and O–H groups in total. The molecule has 4 heteroatoms. The van der Waals surface area contributed by atoms with E-state index in [0.717, 1.165) is 36.5 Å². The average molecular weight is 280 g/mol. The maximum absolute atomic E-state index is 9.72. The normalized spacial score (nSPS) is 13.0. The summed E-state index contributed by atoms with van der Waals surface area (Å²) in [6.45, 7) is 7.28.